The summed E-state index contributed by atoms with van der Waals surface area (Å²) >= 11 is 1.62. The lowest BCUT2D eigenvalue weighted by atomic mass is 10.0. The molecule has 1 aliphatic heterocycles. The second kappa shape index (κ2) is 12.6. The van der Waals surface area contributed by atoms with Gasteiger partial charge in [0.1, 0.15) is 5.75 Å². The summed E-state index contributed by atoms with van der Waals surface area (Å²) in [4.78, 5) is 23.3. The number of amides is 1. The number of hydrogen-bond acceptors (Lipinski definition) is 7. The lowest BCUT2D eigenvalue weighted by Crippen LogP contribution is -2.48. The molecule has 0 aliphatic carbocycles. The summed E-state index contributed by atoms with van der Waals surface area (Å²) < 4.78 is 31.0. The highest BCUT2D eigenvalue weighted by Crippen LogP contribution is 2.27. The van der Waals surface area contributed by atoms with Crippen molar-refractivity contribution in [3.8, 4) is 11.6 Å². The largest absolute Gasteiger partial charge is 0.439 e. The molecule has 208 valence electrons. The molecule has 0 unspecified atom stereocenters. The Labute approximate surface area is 239 Å². The molecule has 1 saturated heterocycles. The molecule has 3 heterocycles. The molecule has 8 nitrogen and oxygen atoms in total. The van der Waals surface area contributed by atoms with Gasteiger partial charge >= 0.3 is 0 Å². The Kier molecular flexibility index (Phi) is 8.78. The molecule has 2 aromatic heterocycles. The Balaban J connectivity index is 1.15. The van der Waals surface area contributed by atoms with Crippen LogP contribution in [-0.4, -0.2) is 49.6 Å². The molecule has 0 atom stereocenters. The van der Waals surface area contributed by atoms with Crippen LogP contribution in [-0.2, 0) is 27.8 Å². The number of nitrogens with one attached hydrogen (secondary N) is 1. The molecule has 10 heteroatoms. The van der Waals surface area contributed by atoms with Crippen molar-refractivity contribution in [1.82, 2.24) is 9.88 Å². The van der Waals surface area contributed by atoms with E-state index in [-0.39, 0.29) is 11.9 Å². The highest BCUT2D eigenvalue weighted by molar-refractivity contribution is 7.92. The maximum atomic E-state index is 13.4. The molecular formula is C30H32N4O4S2. The van der Waals surface area contributed by atoms with E-state index in [1.54, 1.807) is 35.6 Å². The molecule has 40 heavy (non-hydrogen) atoms. The zero-order valence-corrected chi connectivity index (χ0v) is 23.9. The zero-order chi connectivity index (χ0) is 28.0. The molecule has 2 aromatic carbocycles. The van der Waals surface area contributed by atoms with Gasteiger partial charge in [-0.15, -0.1) is 11.3 Å². The van der Waals surface area contributed by atoms with Crippen LogP contribution in [0.3, 0.4) is 0 Å². The molecule has 0 saturated carbocycles. The molecule has 4 aromatic rings. The van der Waals surface area contributed by atoms with Gasteiger partial charge in [-0.05, 0) is 66.2 Å². The number of ether oxygens (including phenoxy) is 1. The summed E-state index contributed by atoms with van der Waals surface area (Å²) in [5.74, 6) is 1.18. The van der Waals surface area contributed by atoms with Gasteiger partial charge in [0.05, 0.1) is 12.7 Å². The molecule has 1 N–H and O–H groups in total. The number of thiophene rings is 1. The highest BCUT2D eigenvalue weighted by Gasteiger charge is 2.29. The van der Waals surface area contributed by atoms with Crippen molar-refractivity contribution in [1.29, 1.82) is 0 Å². The second-order valence-corrected chi connectivity index (χ2v) is 12.6. The van der Waals surface area contributed by atoms with Gasteiger partial charge in [-0.1, -0.05) is 30.3 Å². The third-order valence-corrected chi connectivity index (χ3v) is 8.20. The number of pyridine rings is 1. The van der Waals surface area contributed by atoms with Gasteiger partial charge in [-0.2, -0.15) is 0 Å². The minimum absolute atomic E-state index is 0.146. The third-order valence-electron chi connectivity index (χ3n) is 6.71. The van der Waals surface area contributed by atoms with Crippen molar-refractivity contribution >= 4 is 38.6 Å². The number of piperidine rings is 1. The maximum Gasteiger partial charge on any atom is 0.232 e. The van der Waals surface area contributed by atoms with Crippen LogP contribution in [0.2, 0.25) is 0 Å². The van der Waals surface area contributed by atoms with Crippen molar-refractivity contribution in [3.63, 3.8) is 0 Å². The number of para-hydroxylation sites is 1. The van der Waals surface area contributed by atoms with Crippen molar-refractivity contribution in [2.24, 2.45) is 0 Å². The number of carbonyl (C=O) groups is 1. The fourth-order valence-corrected chi connectivity index (χ4v) is 6.14. The second-order valence-electron chi connectivity index (χ2n) is 9.87. The number of sulfonamides is 1. The Morgan fingerprint density at radius 3 is 2.40 bits per heavy atom. The minimum atomic E-state index is -3.32. The van der Waals surface area contributed by atoms with E-state index >= 15 is 0 Å². The first-order valence-electron chi connectivity index (χ1n) is 13.1. The van der Waals surface area contributed by atoms with Crippen LogP contribution < -0.4 is 14.4 Å². The van der Waals surface area contributed by atoms with E-state index < -0.39 is 10.0 Å². The summed E-state index contributed by atoms with van der Waals surface area (Å²) in [6.07, 6.45) is 5.17. The van der Waals surface area contributed by atoms with Crippen LogP contribution in [0.5, 0.6) is 11.6 Å². The minimum Gasteiger partial charge on any atom is -0.439 e. The lowest BCUT2D eigenvalue weighted by Gasteiger charge is -2.38. The average Bonchev–Trinajstić information content (AvgIpc) is 3.45. The first kappa shape index (κ1) is 27.8. The van der Waals surface area contributed by atoms with Gasteiger partial charge in [-0.25, -0.2) is 13.4 Å². The van der Waals surface area contributed by atoms with Gasteiger partial charge in [0.25, 0.3) is 0 Å². The van der Waals surface area contributed by atoms with Gasteiger partial charge in [0, 0.05) is 54.2 Å². The molecule has 1 fully saturated rings. The van der Waals surface area contributed by atoms with E-state index in [4.69, 9.17) is 4.74 Å². The van der Waals surface area contributed by atoms with Crippen LogP contribution in [0, 0.1) is 0 Å². The zero-order valence-electron chi connectivity index (χ0n) is 22.3. The molecule has 0 radical (unpaired) electrons. The van der Waals surface area contributed by atoms with Crippen molar-refractivity contribution in [3.05, 3.63) is 101 Å². The third kappa shape index (κ3) is 7.68. The number of aromatic nitrogens is 1. The van der Waals surface area contributed by atoms with Crippen LogP contribution in [0.25, 0.3) is 0 Å². The molecule has 0 bridgehead atoms. The van der Waals surface area contributed by atoms with Gasteiger partial charge in [0.2, 0.25) is 21.8 Å². The van der Waals surface area contributed by atoms with E-state index in [0.717, 1.165) is 54.9 Å². The van der Waals surface area contributed by atoms with Crippen LogP contribution in [0.1, 0.15) is 23.3 Å². The van der Waals surface area contributed by atoms with Crippen molar-refractivity contribution in [2.75, 3.05) is 29.0 Å². The molecular weight excluding hydrogens is 544 g/mol. The van der Waals surface area contributed by atoms with Crippen molar-refractivity contribution in [2.45, 2.75) is 31.8 Å². The van der Waals surface area contributed by atoms with Gasteiger partial charge < -0.3 is 9.64 Å². The fraction of sp³-hybridized carbons (Fsp3) is 0.267. The summed E-state index contributed by atoms with van der Waals surface area (Å²) in [5.41, 5.74) is 2.52. The average molecular weight is 577 g/mol. The standard InChI is InChI=1S/C30H32N4O4S2/c1-40(36,37)32-24-10-12-27(13-11-24)38-29-14-9-23(21-31-29)22-33-17-15-26(16-18-33)34(25-6-3-2-4-7-25)30(35)20-28-8-5-19-39-28/h2-14,19,21,26,32H,15-18,20,22H2,1H3. The Hall–Kier alpha value is -3.73. The maximum absolute atomic E-state index is 13.4. The summed E-state index contributed by atoms with van der Waals surface area (Å²) in [5, 5.41) is 2.01. The van der Waals surface area contributed by atoms with Crippen LogP contribution in [0.4, 0.5) is 11.4 Å². The Morgan fingerprint density at radius 1 is 1.02 bits per heavy atom. The topological polar surface area (TPSA) is 91.8 Å². The van der Waals surface area contributed by atoms with Gasteiger partial charge in [0.15, 0.2) is 0 Å². The first-order valence-corrected chi connectivity index (χ1v) is 15.9. The van der Waals surface area contributed by atoms with Gasteiger partial charge in [-0.3, -0.25) is 14.4 Å². The molecule has 0 spiro atoms. The predicted molar refractivity (Wildman–Crippen MR) is 159 cm³/mol. The number of carbonyl (C=O) groups excluding carboxylic acids is 1. The number of rotatable bonds is 10. The van der Waals surface area contributed by atoms with E-state index in [0.29, 0.717) is 23.7 Å². The van der Waals surface area contributed by atoms with E-state index in [1.807, 2.05) is 71.1 Å². The SMILES string of the molecule is CS(=O)(=O)Nc1ccc(Oc2ccc(CN3CCC(N(C(=O)Cc4cccs4)c4ccccc4)CC3)cn2)cc1. The number of benzene rings is 2. The number of likely N-dealkylation sites (tertiary alicyclic amines) is 1. The van der Waals surface area contributed by atoms with E-state index in [2.05, 4.69) is 14.6 Å². The summed E-state index contributed by atoms with van der Waals surface area (Å²) in [6.45, 7) is 2.57. The van der Waals surface area contributed by atoms with Crippen molar-refractivity contribution < 1.29 is 17.9 Å². The normalized spacial score (nSPS) is 14.5. The van der Waals surface area contributed by atoms with E-state index in [9.17, 15) is 13.2 Å². The molecule has 1 amide bonds. The highest BCUT2D eigenvalue weighted by atomic mass is 32.2. The fourth-order valence-electron chi connectivity index (χ4n) is 4.88. The molecule has 1 aliphatic rings. The Morgan fingerprint density at radius 2 is 1.77 bits per heavy atom. The van der Waals surface area contributed by atoms with E-state index in [1.165, 1.54) is 0 Å². The monoisotopic (exact) mass is 576 g/mol. The van der Waals surface area contributed by atoms with Crippen LogP contribution in [0.15, 0.2) is 90.4 Å². The number of hydrogen-bond donors (Lipinski definition) is 1. The summed E-state index contributed by atoms with van der Waals surface area (Å²) in [6, 6.07) is 24.7. The first-order chi connectivity index (χ1) is 19.3. The number of anilines is 2. The molecule has 5 rings (SSSR count). The van der Waals surface area contributed by atoms with Crippen LogP contribution >= 0.6 is 11.3 Å². The Bertz CT molecular complexity index is 1490. The number of nitrogens with zero attached hydrogens (tertiary/aromatic N) is 3. The quantitative estimate of drug-likeness (QED) is 0.266. The summed E-state index contributed by atoms with van der Waals surface area (Å²) in [7, 11) is -3.32. The smallest absolute Gasteiger partial charge is 0.232 e. The lowest BCUT2D eigenvalue weighted by molar-refractivity contribution is -0.118. The predicted octanol–water partition coefficient (Wildman–Crippen LogP) is 5.55.